The molecule has 0 bridgehead atoms. The summed E-state index contributed by atoms with van der Waals surface area (Å²) in [6, 6.07) is 19.4. The molecule has 1 fully saturated rings. The van der Waals surface area contributed by atoms with Crippen LogP contribution >= 0.6 is 12.2 Å². The number of hydrogen-bond donors (Lipinski definition) is 0. The van der Waals surface area contributed by atoms with Gasteiger partial charge < -0.3 is 14.4 Å². The van der Waals surface area contributed by atoms with Crippen molar-refractivity contribution in [2.24, 2.45) is 5.41 Å². The predicted molar refractivity (Wildman–Crippen MR) is 119 cm³/mol. The molecule has 1 aliphatic heterocycles. The first kappa shape index (κ1) is 21.9. The maximum atomic E-state index is 13.2. The van der Waals surface area contributed by atoms with Crippen LogP contribution in [-0.4, -0.2) is 48.3 Å². The topological polar surface area (TPSA) is 59.1 Å². The number of nitrogens with zero attached hydrogens (tertiary/aromatic N) is 2. The Labute approximate surface area is 182 Å². The van der Waals surface area contributed by atoms with Crippen molar-refractivity contribution in [1.82, 2.24) is 4.90 Å². The van der Waals surface area contributed by atoms with Crippen LogP contribution in [0.4, 0.5) is 5.69 Å². The predicted octanol–water partition coefficient (Wildman–Crippen LogP) is 3.41. The van der Waals surface area contributed by atoms with Gasteiger partial charge in [-0.15, -0.1) is 0 Å². The van der Waals surface area contributed by atoms with E-state index in [-0.39, 0.29) is 24.7 Å². The highest BCUT2D eigenvalue weighted by Crippen LogP contribution is 2.35. The summed E-state index contributed by atoms with van der Waals surface area (Å²) in [4.78, 5) is 30.4. The second kappa shape index (κ2) is 9.82. The van der Waals surface area contributed by atoms with Crippen molar-refractivity contribution in [1.29, 1.82) is 0 Å². The van der Waals surface area contributed by atoms with Gasteiger partial charge in [-0.1, -0.05) is 60.7 Å². The van der Waals surface area contributed by atoms with E-state index in [1.54, 1.807) is 13.8 Å². The molecule has 1 heterocycles. The Bertz CT molecular complexity index is 871. The second-order valence-electron chi connectivity index (χ2n) is 7.03. The van der Waals surface area contributed by atoms with Crippen molar-refractivity contribution >= 4 is 34.8 Å². The number of ether oxygens (including phenoxy) is 2. The van der Waals surface area contributed by atoms with Crippen LogP contribution in [0.2, 0.25) is 0 Å². The lowest BCUT2D eigenvalue weighted by Gasteiger charge is -2.45. The summed E-state index contributed by atoms with van der Waals surface area (Å²) in [5, 5.41) is 0. The molecule has 0 aliphatic carbocycles. The van der Waals surface area contributed by atoms with E-state index >= 15 is 0 Å². The minimum absolute atomic E-state index is 0.0989. The highest BCUT2D eigenvalue weighted by atomic mass is 32.1. The first-order valence-corrected chi connectivity index (χ1v) is 10.4. The smallest absolute Gasteiger partial charge is 0.331 e. The van der Waals surface area contributed by atoms with E-state index < -0.39 is 17.4 Å². The van der Waals surface area contributed by atoms with Gasteiger partial charge in [-0.25, -0.2) is 0 Å². The van der Waals surface area contributed by atoms with Crippen LogP contribution in [-0.2, 0) is 25.6 Å². The van der Waals surface area contributed by atoms with E-state index in [2.05, 4.69) is 0 Å². The van der Waals surface area contributed by atoms with Crippen molar-refractivity contribution in [2.75, 3.05) is 31.3 Å². The van der Waals surface area contributed by atoms with Gasteiger partial charge in [0.2, 0.25) is 5.41 Å². The van der Waals surface area contributed by atoms with Crippen molar-refractivity contribution in [3.63, 3.8) is 0 Å². The minimum atomic E-state index is -1.70. The number of benzene rings is 2. The van der Waals surface area contributed by atoms with E-state index in [0.717, 1.165) is 11.3 Å². The monoisotopic (exact) mass is 426 g/mol. The molecule has 3 rings (SSSR count). The van der Waals surface area contributed by atoms with E-state index in [4.69, 9.17) is 21.7 Å². The zero-order valence-electron chi connectivity index (χ0n) is 17.2. The summed E-state index contributed by atoms with van der Waals surface area (Å²) in [6.45, 7) is 4.80. The summed E-state index contributed by atoms with van der Waals surface area (Å²) in [6.07, 6.45) is 0. The lowest BCUT2D eigenvalue weighted by Crippen LogP contribution is -2.65. The van der Waals surface area contributed by atoms with Crippen molar-refractivity contribution in [3.05, 3.63) is 66.2 Å². The molecular formula is C23H26N2O4S. The van der Waals surface area contributed by atoms with Crippen molar-refractivity contribution < 1.29 is 19.1 Å². The molecule has 0 aromatic heterocycles. The van der Waals surface area contributed by atoms with E-state index in [9.17, 15) is 9.59 Å². The zero-order chi connectivity index (χ0) is 21.6. The fourth-order valence-corrected chi connectivity index (χ4v) is 3.99. The Hall–Kier alpha value is -2.77. The SMILES string of the molecule is CCOC(=O)C1(C(=O)OCC)CN(Cc2ccccc2)CN(c2ccccc2)C1=S. The van der Waals surface area contributed by atoms with Gasteiger partial charge in [0, 0.05) is 18.8 Å². The van der Waals surface area contributed by atoms with Crippen LogP contribution in [0.1, 0.15) is 19.4 Å². The molecule has 0 amide bonds. The summed E-state index contributed by atoms with van der Waals surface area (Å²) in [7, 11) is 0. The molecule has 6 nitrogen and oxygen atoms in total. The molecule has 158 valence electrons. The van der Waals surface area contributed by atoms with Crippen LogP contribution in [0.3, 0.4) is 0 Å². The molecule has 0 unspecified atom stereocenters. The molecular weight excluding hydrogens is 400 g/mol. The number of rotatable bonds is 7. The molecule has 2 aromatic carbocycles. The number of carbonyl (C=O) groups is 2. The molecule has 0 saturated carbocycles. The number of esters is 2. The Morgan fingerprint density at radius 2 is 1.47 bits per heavy atom. The molecule has 0 radical (unpaired) electrons. The molecule has 0 N–H and O–H groups in total. The molecule has 1 saturated heterocycles. The molecule has 30 heavy (non-hydrogen) atoms. The van der Waals surface area contributed by atoms with E-state index in [0.29, 0.717) is 13.2 Å². The average molecular weight is 427 g/mol. The Balaban J connectivity index is 2.06. The summed E-state index contributed by atoms with van der Waals surface area (Å²) < 4.78 is 10.6. The molecule has 2 aromatic rings. The standard InChI is InChI=1S/C23H26N2O4S/c1-3-28-21(26)23(22(27)29-4-2)16-24(15-18-11-7-5-8-12-18)17-25(20(23)30)19-13-9-6-10-14-19/h5-14H,3-4,15-17H2,1-2H3. The summed E-state index contributed by atoms with van der Waals surface area (Å²) in [5.74, 6) is -1.35. The third-order valence-corrected chi connectivity index (χ3v) is 5.55. The highest BCUT2D eigenvalue weighted by molar-refractivity contribution is 7.80. The van der Waals surface area contributed by atoms with Gasteiger partial charge in [-0.3, -0.25) is 14.5 Å². The average Bonchev–Trinajstić information content (AvgIpc) is 2.76. The lowest BCUT2D eigenvalue weighted by atomic mass is 9.84. The molecule has 1 aliphatic rings. The Morgan fingerprint density at radius 3 is 2.00 bits per heavy atom. The first-order chi connectivity index (χ1) is 14.5. The maximum absolute atomic E-state index is 13.2. The fraction of sp³-hybridized carbons (Fsp3) is 0.348. The van der Waals surface area contributed by atoms with Crippen LogP contribution in [0.15, 0.2) is 60.7 Å². The second-order valence-corrected chi connectivity index (χ2v) is 7.42. The largest absolute Gasteiger partial charge is 0.465 e. The number of thiocarbonyl (C=S) groups is 1. The van der Waals surface area contributed by atoms with Crippen LogP contribution < -0.4 is 4.90 Å². The van der Waals surface area contributed by atoms with Gasteiger partial charge in [0.15, 0.2) is 0 Å². The number of anilines is 1. The Morgan fingerprint density at radius 1 is 0.933 bits per heavy atom. The summed E-state index contributed by atoms with van der Waals surface area (Å²) in [5.41, 5.74) is 0.169. The van der Waals surface area contributed by atoms with Gasteiger partial charge in [0.1, 0.15) is 4.99 Å². The third kappa shape index (κ3) is 4.37. The molecule has 7 heteroatoms. The van der Waals surface area contributed by atoms with E-state index in [1.165, 1.54) is 0 Å². The van der Waals surface area contributed by atoms with Gasteiger partial charge in [-0.05, 0) is 31.5 Å². The van der Waals surface area contributed by atoms with Gasteiger partial charge in [-0.2, -0.15) is 0 Å². The van der Waals surface area contributed by atoms with Gasteiger partial charge >= 0.3 is 11.9 Å². The quantitative estimate of drug-likeness (QED) is 0.382. The number of hydrogen-bond acceptors (Lipinski definition) is 6. The third-order valence-electron chi connectivity index (χ3n) is 4.98. The van der Waals surface area contributed by atoms with Crippen molar-refractivity contribution in [2.45, 2.75) is 20.4 Å². The normalized spacial score (nSPS) is 16.2. The first-order valence-electron chi connectivity index (χ1n) is 10.0. The lowest BCUT2D eigenvalue weighted by molar-refractivity contribution is -0.168. The van der Waals surface area contributed by atoms with E-state index in [1.807, 2.05) is 70.5 Å². The number of carbonyl (C=O) groups excluding carboxylic acids is 2. The summed E-state index contributed by atoms with van der Waals surface area (Å²) >= 11 is 5.74. The number of para-hydroxylation sites is 1. The van der Waals surface area contributed by atoms with Crippen molar-refractivity contribution in [3.8, 4) is 0 Å². The molecule has 0 spiro atoms. The fourth-order valence-electron chi connectivity index (χ4n) is 3.60. The highest BCUT2D eigenvalue weighted by Gasteiger charge is 2.58. The van der Waals surface area contributed by atoms with Crippen LogP contribution in [0.5, 0.6) is 0 Å². The van der Waals surface area contributed by atoms with Crippen LogP contribution in [0.25, 0.3) is 0 Å². The minimum Gasteiger partial charge on any atom is -0.465 e. The van der Waals surface area contributed by atoms with Crippen LogP contribution in [0, 0.1) is 5.41 Å². The van der Waals surface area contributed by atoms with Gasteiger partial charge in [0.25, 0.3) is 0 Å². The zero-order valence-corrected chi connectivity index (χ0v) is 18.1. The van der Waals surface area contributed by atoms with Gasteiger partial charge in [0.05, 0.1) is 19.9 Å². The maximum Gasteiger partial charge on any atom is 0.331 e. The Kier molecular flexibility index (Phi) is 7.18. The molecule has 0 atom stereocenters.